The summed E-state index contributed by atoms with van der Waals surface area (Å²) in [6.07, 6.45) is 3.25. The summed E-state index contributed by atoms with van der Waals surface area (Å²) in [6, 6.07) is 7.69. The molecule has 1 aliphatic heterocycles. The minimum Gasteiger partial charge on any atom is -0.401 e. The SMILES string of the molecule is CN(C)C(=O)c1ccc(-c2cncc(-c3nnc(N4CCOCC4)o3)n2)cc1. The van der Waals surface area contributed by atoms with Crippen molar-refractivity contribution < 1.29 is 13.9 Å². The second kappa shape index (κ2) is 7.73. The van der Waals surface area contributed by atoms with Crippen molar-refractivity contribution in [3.8, 4) is 22.8 Å². The van der Waals surface area contributed by atoms with E-state index in [0.29, 0.717) is 55.2 Å². The summed E-state index contributed by atoms with van der Waals surface area (Å²) in [7, 11) is 3.45. The van der Waals surface area contributed by atoms with Crippen LogP contribution >= 0.6 is 0 Å². The number of aromatic nitrogens is 4. The fraction of sp³-hybridized carbons (Fsp3) is 0.316. The molecule has 0 atom stereocenters. The summed E-state index contributed by atoms with van der Waals surface area (Å²) in [5.74, 6) is 0.267. The van der Waals surface area contributed by atoms with E-state index in [1.165, 1.54) is 4.90 Å². The van der Waals surface area contributed by atoms with Gasteiger partial charge < -0.3 is 19.0 Å². The number of anilines is 1. The number of amides is 1. The highest BCUT2D eigenvalue weighted by Crippen LogP contribution is 2.24. The average Bonchev–Trinajstić information content (AvgIpc) is 3.24. The molecule has 0 saturated carbocycles. The number of ether oxygens (including phenoxy) is 1. The Balaban J connectivity index is 1.56. The molecular weight excluding hydrogens is 360 g/mol. The van der Waals surface area contributed by atoms with E-state index in [1.54, 1.807) is 38.6 Å². The highest BCUT2D eigenvalue weighted by atomic mass is 16.5. The molecule has 28 heavy (non-hydrogen) atoms. The quantitative estimate of drug-likeness (QED) is 0.675. The number of carbonyl (C=O) groups is 1. The molecule has 1 aromatic carbocycles. The van der Waals surface area contributed by atoms with Gasteiger partial charge in [-0.05, 0) is 12.1 Å². The van der Waals surface area contributed by atoms with Crippen molar-refractivity contribution in [1.29, 1.82) is 0 Å². The topological polar surface area (TPSA) is 97.5 Å². The van der Waals surface area contributed by atoms with E-state index in [4.69, 9.17) is 9.15 Å². The first-order valence-corrected chi connectivity index (χ1v) is 8.92. The largest absolute Gasteiger partial charge is 0.401 e. The van der Waals surface area contributed by atoms with Crippen LogP contribution in [0.4, 0.5) is 6.01 Å². The zero-order chi connectivity index (χ0) is 19.5. The molecule has 0 N–H and O–H groups in total. The molecule has 144 valence electrons. The van der Waals surface area contributed by atoms with E-state index in [1.807, 2.05) is 17.0 Å². The Morgan fingerprint density at radius 3 is 2.46 bits per heavy atom. The Morgan fingerprint density at radius 2 is 1.75 bits per heavy atom. The number of benzene rings is 1. The van der Waals surface area contributed by atoms with Gasteiger partial charge in [0.1, 0.15) is 5.69 Å². The lowest BCUT2D eigenvalue weighted by Gasteiger charge is -2.24. The smallest absolute Gasteiger partial charge is 0.318 e. The third kappa shape index (κ3) is 3.70. The molecule has 9 nitrogen and oxygen atoms in total. The van der Waals surface area contributed by atoms with Crippen LogP contribution < -0.4 is 4.90 Å². The summed E-state index contributed by atoms with van der Waals surface area (Å²) in [4.78, 5) is 24.4. The van der Waals surface area contributed by atoms with Gasteiger partial charge in [-0.2, -0.15) is 0 Å². The zero-order valence-electron chi connectivity index (χ0n) is 15.7. The molecule has 1 fully saturated rings. The molecule has 3 aromatic rings. The Bertz CT molecular complexity index is 964. The van der Waals surface area contributed by atoms with Crippen molar-refractivity contribution in [3.05, 3.63) is 42.2 Å². The highest BCUT2D eigenvalue weighted by Gasteiger charge is 2.19. The van der Waals surface area contributed by atoms with Gasteiger partial charge in [0, 0.05) is 38.3 Å². The summed E-state index contributed by atoms with van der Waals surface area (Å²) < 4.78 is 11.1. The van der Waals surface area contributed by atoms with Gasteiger partial charge in [-0.3, -0.25) is 9.78 Å². The predicted molar refractivity (Wildman–Crippen MR) is 102 cm³/mol. The molecule has 3 heterocycles. The molecule has 2 aromatic heterocycles. The molecule has 1 amide bonds. The highest BCUT2D eigenvalue weighted by molar-refractivity contribution is 5.94. The number of rotatable bonds is 4. The van der Waals surface area contributed by atoms with E-state index in [9.17, 15) is 4.79 Å². The fourth-order valence-electron chi connectivity index (χ4n) is 2.85. The lowest BCUT2D eigenvalue weighted by molar-refractivity contribution is 0.0827. The van der Waals surface area contributed by atoms with Crippen LogP contribution in [0.5, 0.6) is 0 Å². The van der Waals surface area contributed by atoms with Crippen LogP contribution in [-0.2, 0) is 4.74 Å². The Labute approximate surface area is 162 Å². The summed E-state index contributed by atoms with van der Waals surface area (Å²) >= 11 is 0. The standard InChI is InChI=1S/C19H20N6O3/c1-24(2)18(26)14-5-3-13(4-6-14)15-11-20-12-16(21-15)17-22-23-19(28-17)25-7-9-27-10-8-25/h3-6,11-12H,7-10H2,1-2H3. The van der Waals surface area contributed by atoms with Crippen LogP contribution in [0.2, 0.25) is 0 Å². The fourth-order valence-corrected chi connectivity index (χ4v) is 2.85. The molecule has 0 aliphatic carbocycles. The van der Waals surface area contributed by atoms with Gasteiger partial charge >= 0.3 is 6.01 Å². The maximum atomic E-state index is 12.0. The number of nitrogens with zero attached hydrogens (tertiary/aromatic N) is 6. The summed E-state index contributed by atoms with van der Waals surface area (Å²) in [5, 5.41) is 8.21. The van der Waals surface area contributed by atoms with Crippen LogP contribution in [0.25, 0.3) is 22.8 Å². The van der Waals surface area contributed by atoms with Crippen molar-refractivity contribution >= 4 is 11.9 Å². The van der Waals surface area contributed by atoms with Gasteiger partial charge in [-0.1, -0.05) is 17.2 Å². The second-order valence-corrected chi connectivity index (χ2v) is 6.56. The minimum absolute atomic E-state index is 0.0483. The zero-order valence-corrected chi connectivity index (χ0v) is 15.7. The average molecular weight is 380 g/mol. The number of morpholine rings is 1. The maximum absolute atomic E-state index is 12.0. The molecule has 1 saturated heterocycles. The van der Waals surface area contributed by atoms with Gasteiger partial charge in [0.2, 0.25) is 0 Å². The van der Waals surface area contributed by atoms with Crippen molar-refractivity contribution in [2.24, 2.45) is 0 Å². The third-order valence-electron chi connectivity index (χ3n) is 4.38. The van der Waals surface area contributed by atoms with Gasteiger partial charge in [0.05, 0.1) is 31.3 Å². The lowest BCUT2D eigenvalue weighted by atomic mass is 10.1. The summed E-state index contributed by atoms with van der Waals surface area (Å²) in [6.45, 7) is 2.70. The van der Waals surface area contributed by atoms with Crippen LogP contribution in [-0.4, -0.2) is 71.4 Å². The van der Waals surface area contributed by atoms with Crippen LogP contribution in [0, 0.1) is 0 Å². The molecular formula is C19H20N6O3. The van der Waals surface area contributed by atoms with Crippen LogP contribution in [0.3, 0.4) is 0 Å². The van der Waals surface area contributed by atoms with Crippen LogP contribution in [0.15, 0.2) is 41.1 Å². The van der Waals surface area contributed by atoms with Gasteiger partial charge in [0.25, 0.3) is 11.8 Å². The minimum atomic E-state index is -0.0483. The molecule has 0 unspecified atom stereocenters. The molecule has 1 aliphatic rings. The van der Waals surface area contributed by atoms with E-state index >= 15 is 0 Å². The third-order valence-corrected chi connectivity index (χ3v) is 4.38. The van der Waals surface area contributed by atoms with E-state index in [0.717, 1.165) is 5.56 Å². The van der Waals surface area contributed by atoms with E-state index in [2.05, 4.69) is 20.2 Å². The molecule has 9 heteroatoms. The van der Waals surface area contributed by atoms with Crippen LogP contribution in [0.1, 0.15) is 10.4 Å². The number of hydrogen-bond donors (Lipinski definition) is 0. The second-order valence-electron chi connectivity index (χ2n) is 6.56. The first kappa shape index (κ1) is 18.1. The van der Waals surface area contributed by atoms with Gasteiger partial charge in [-0.15, -0.1) is 5.10 Å². The van der Waals surface area contributed by atoms with E-state index in [-0.39, 0.29) is 5.91 Å². The molecule has 0 radical (unpaired) electrons. The maximum Gasteiger partial charge on any atom is 0.318 e. The van der Waals surface area contributed by atoms with Gasteiger partial charge in [-0.25, -0.2) is 4.98 Å². The molecule has 4 rings (SSSR count). The lowest BCUT2D eigenvalue weighted by Crippen LogP contribution is -2.36. The van der Waals surface area contributed by atoms with E-state index < -0.39 is 0 Å². The molecule has 0 spiro atoms. The summed E-state index contributed by atoms with van der Waals surface area (Å²) in [5.41, 5.74) is 2.62. The Kier molecular flexibility index (Phi) is 4.98. The van der Waals surface area contributed by atoms with Crippen molar-refractivity contribution in [2.45, 2.75) is 0 Å². The van der Waals surface area contributed by atoms with Crippen molar-refractivity contribution in [2.75, 3.05) is 45.3 Å². The normalized spacial score (nSPS) is 14.1. The monoisotopic (exact) mass is 380 g/mol. The Hall–Kier alpha value is -3.33. The first-order valence-electron chi connectivity index (χ1n) is 8.92. The van der Waals surface area contributed by atoms with Crippen molar-refractivity contribution in [3.63, 3.8) is 0 Å². The Morgan fingerprint density at radius 1 is 1.04 bits per heavy atom. The number of hydrogen-bond acceptors (Lipinski definition) is 8. The van der Waals surface area contributed by atoms with Crippen molar-refractivity contribution in [1.82, 2.24) is 25.1 Å². The molecule has 0 bridgehead atoms. The van der Waals surface area contributed by atoms with Gasteiger partial charge in [0.15, 0.2) is 0 Å². The number of carbonyl (C=O) groups excluding carboxylic acids is 1. The predicted octanol–water partition coefficient (Wildman–Crippen LogP) is 1.73. The first-order chi connectivity index (χ1) is 13.6.